The third-order valence-electron chi connectivity index (χ3n) is 6.36. The van der Waals surface area contributed by atoms with E-state index in [2.05, 4.69) is 19.2 Å². The average Bonchev–Trinajstić information content (AvgIpc) is 2.79. The van der Waals surface area contributed by atoms with Crippen LogP contribution in [0.3, 0.4) is 0 Å². The molecule has 0 radical (unpaired) electrons. The summed E-state index contributed by atoms with van der Waals surface area (Å²) in [4.78, 5) is 22.4. The van der Waals surface area contributed by atoms with Crippen molar-refractivity contribution in [3.8, 4) is 0 Å². The van der Waals surface area contributed by atoms with Crippen molar-refractivity contribution in [1.29, 1.82) is 0 Å². The number of hydrogen-bond acceptors (Lipinski definition) is 5. The van der Waals surface area contributed by atoms with E-state index in [0.717, 1.165) is 38.5 Å². The Hall–Kier alpha value is -0.500. The maximum atomic E-state index is 12.4. The van der Waals surface area contributed by atoms with Crippen molar-refractivity contribution >= 4 is 13.7 Å². The molecule has 3 unspecified atom stereocenters. The number of aliphatic hydroxyl groups is 1. The van der Waals surface area contributed by atoms with Crippen molar-refractivity contribution < 1.29 is 32.9 Å². The number of hydrogen-bond donors (Lipinski definition) is 3. The molecule has 0 saturated carbocycles. The molecule has 0 saturated heterocycles. The van der Waals surface area contributed by atoms with E-state index in [1.54, 1.807) is 0 Å². The summed E-state index contributed by atoms with van der Waals surface area (Å²) in [6, 6.07) is -0.746. The molecule has 3 atom stereocenters. The minimum atomic E-state index is -4.27. The lowest BCUT2D eigenvalue weighted by Gasteiger charge is -2.26. The van der Waals surface area contributed by atoms with Gasteiger partial charge in [-0.3, -0.25) is 13.8 Å². The molecule has 36 heavy (non-hydrogen) atoms. The van der Waals surface area contributed by atoms with Crippen molar-refractivity contribution in [3.05, 3.63) is 0 Å². The van der Waals surface area contributed by atoms with Gasteiger partial charge in [0.15, 0.2) is 0 Å². The lowest BCUT2D eigenvalue weighted by atomic mass is 10.0. The molecule has 0 heterocycles. The van der Waals surface area contributed by atoms with Crippen LogP contribution in [-0.2, 0) is 18.4 Å². The summed E-state index contributed by atoms with van der Waals surface area (Å²) in [5.41, 5.74) is 0. The number of aliphatic hydroxyl groups excluding tert-OH is 1. The van der Waals surface area contributed by atoms with Gasteiger partial charge in [-0.2, -0.15) is 0 Å². The van der Waals surface area contributed by atoms with Crippen molar-refractivity contribution in [1.82, 2.24) is 5.32 Å². The van der Waals surface area contributed by atoms with Crippen LogP contribution in [0.1, 0.15) is 117 Å². The number of phosphoric acid groups is 1. The minimum absolute atomic E-state index is 0.0760. The number of carbonyl (C=O) groups is 1. The Labute approximate surface area is 221 Å². The molecule has 0 spiro atoms. The molecule has 3 N–H and O–H groups in total. The molecule has 0 aromatic heterocycles. The number of unbranched alkanes of at least 4 members (excludes halogenated alkanes) is 12. The number of quaternary nitrogens is 1. The first-order valence-corrected chi connectivity index (χ1v) is 15.9. The van der Waals surface area contributed by atoms with Gasteiger partial charge in [0.05, 0.1) is 39.9 Å². The number of likely N-dealkylation sites (N-methyl/N-ethyl adjacent to an activating group) is 1. The molecule has 8 nitrogen and oxygen atoms in total. The topological polar surface area (TPSA) is 105 Å². The van der Waals surface area contributed by atoms with E-state index in [4.69, 9.17) is 9.05 Å². The zero-order chi connectivity index (χ0) is 27.3. The molecular weight excluding hydrogens is 479 g/mol. The fourth-order valence-electron chi connectivity index (χ4n) is 3.92. The van der Waals surface area contributed by atoms with Crippen molar-refractivity contribution in [2.45, 2.75) is 129 Å². The van der Waals surface area contributed by atoms with Crippen molar-refractivity contribution in [3.63, 3.8) is 0 Å². The van der Waals surface area contributed by atoms with E-state index >= 15 is 0 Å². The maximum Gasteiger partial charge on any atom is 0.472 e. The number of nitrogens with zero attached hydrogens (tertiary/aromatic N) is 1. The van der Waals surface area contributed by atoms with Crippen molar-refractivity contribution in [2.75, 3.05) is 40.9 Å². The summed E-state index contributed by atoms with van der Waals surface area (Å²) in [6.07, 6.45) is 16.2. The Morgan fingerprint density at radius 1 is 0.833 bits per heavy atom. The Balaban J connectivity index is 4.46. The number of nitrogens with one attached hydrogen (secondary N) is 1. The SMILES string of the molecule is CCCCCCCCCCCCCC(O)C(COP(=O)(O)OCC[N+](C)(C)C)NC(=O)CCCCC. The molecule has 1 amide bonds. The normalized spacial score (nSPS) is 15.4. The largest absolute Gasteiger partial charge is 0.472 e. The zero-order valence-electron chi connectivity index (χ0n) is 24.0. The number of phosphoric ester groups is 1. The van der Waals surface area contributed by atoms with Crippen molar-refractivity contribution in [2.24, 2.45) is 0 Å². The Kier molecular flexibility index (Phi) is 21.1. The van der Waals surface area contributed by atoms with E-state index in [1.165, 1.54) is 51.4 Å². The van der Waals surface area contributed by atoms with Gasteiger partial charge in [0.1, 0.15) is 13.2 Å². The Bertz CT molecular complexity index is 585. The first kappa shape index (κ1) is 35.5. The molecule has 0 rings (SSSR count). The molecule has 9 heteroatoms. The summed E-state index contributed by atoms with van der Waals surface area (Å²) < 4.78 is 23.1. The molecular formula is C27H58N2O6P+. The van der Waals surface area contributed by atoms with Crippen LogP contribution in [0, 0.1) is 0 Å². The summed E-state index contributed by atoms with van der Waals surface area (Å²) in [6.45, 7) is 4.67. The summed E-state index contributed by atoms with van der Waals surface area (Å²) >= 11 is 0. The van der Waals surface area contributed by atoms with Crippen LogP contribution in [0.25, 0.3) is 0 Å². The fraction of sp³-hybridized carbons (Fsp3) is 0.963. The van der Waals surface area contributed by atoms with Gasteiger partial charge < -0.3 is 19.8 Å². The molecule has 0 fully saturated rings. The summed E-state index contributed by atoms with van der Waals surface area (Å²) in [5, 5.41) is 13.6. The molecule has 0 bridgehead atoms. The van der Waals surface area contributed by atoms with Gasteiger partial charge in [-0.05, 0) is 12.8 Å². The van der Waals surface area contributed by atoms with Crippen LogP contribution >= 0.6 is 7.82 Å². The van der Waals surface area contributed by atoms with Gasteiger partial charge >= 0.3 is 7.82 Å². The highest BCUT2D eigenvalue weighted by Crippen LogP contribution is 2.43. The first-order chi connectivity index (χ1) is 17.0. The van der Waals surface area contributed by atoms with E-state index in [1.807, 2.05) is 21.1 Å². The Morgan fingerprint density at radius 3 is 1.86 bits per heavy atom. The standard InChI is InChI=1S/C27H57N2O6P/c1-6-8-10-11-12-13-14-15-16-17-19-20-26(30)25(28-27(31)21-18-9-7-2)24-35-36(32,33)34-23-22-29(3,4)5/h25-26,30H,6-24H2,1-5H3,(H-,28,31,32,33)/p+1. The molecule has 0 aliphatic carbocycles. The number of carbonyl (C=O) groups excluding carboxylic acids is 1. The van der Waals surface area contributed by atoms with Crippen LogP contribution in [-0.4, -0.2) is 73.4 Å². The highest BCUT2D eigenvalue weighted by atomic mass is 31.2. The quantitative estimate of drug-likeness (QED) is 0.0755. The predicted octanol–water partition coefficient (Wildman–Crippen LogP) is 5.95. The van der Waals surface area contributed by atoms with Crippen LogP contribution in [0.15, 0.2) is 0 Å². The number of rotatable bonds is 25. The second kappa shape index (κ2) is 21.4. The van der Waals surface area contributed by atoms with E-state index < -0.39 is 20.0 Å². The molecule has 0 aromatic rings. The van der Waals surface area contributed by atoms with Crippen LogP contribution in [0.4, 0.5) is 0 Å². The summed E-state index contributed by atoms with van der Waals surface area (Å²) in [5.74, 6) is -0.172. The lowest BCUT2D eigenvalue weighted by molar-refractivity contribution is -0.870. The third-order valence-corrected chi connectivity index (χ3v) is 7.34. The van der Waals surface area contributed by atoms with Gasteiger partial charge in [-0.15, -0.1) is 0 Å². The third kappa shape index (κ3) is 22.7. The fourth-order valence-corrected chi connectivity index (χ4v) is 4.66. The van der Waals surface area contributed by atoms with E-state index in [0.29, 0.717) is 23.9 Å². The van der Waals surface area contributed by atoms with Gasteiger partial charge in [-0.25, -0.2) is 4.57 Å². The molecule has 0 aromatic carbocycles. The molecule has 0 aliphatic heterocycles. The highest BCUT2D eigenvalue weighted by molar-refractivity contribution is 7.47. The monoisotopic (exact) mass is 537 g/mol. The van der Waals surface area contributed by atoms with Gasteiger partial charge in [0.2, 0.25) is 5.91 Å². The van der Waals surface area contributed by atoms with Crippen LogP contribution in [0.5, 0.6) is 0 Å². The maximum absolute atomic E-state index is 12.4. The van der Waals surface area contributed by atoms with Gasteiger partial charge in [-0.1, -0.05) is 97.3 Å². The molecule has 216 valence electrons. The van der Waals surface area contributed by atoms with E-state index in [9.17, 15) is 19.4 Å². The number of amides is 1. The first-order valence-electron chi connectivity index (χ1n) is 14.4. The highest BCUT2D eigenvalue weighted by Gasteiger charge is 2.28. The second-order valence-corrected chi connectivity index (χ2v) is 12.6. The van der Waals surface area contributed by atoms with E-state index in [-0.39, 0.29) is 19.1 Å². The smallest absolute Gasteiger partial charge is 0.391 e. The summed E-state index contributed by atoms with van der Waals surface area (Å²) in [7, 11) is 1.61. The molecule has 0 aliphatic rings. The Morgan fingerprint density at radius 2 is 1.33 bits per heavy atom. The predicted molar refractivity (Wildman–Crippen MR) is 148 cm³/mol. The van der Waals surface area contributed by atoms with Crippen LogP contribution < -0.4 is 5.32 Å². The average molecular weight is 538 g/mol. The zero-order valence-corrected chi connectivity index (χ0v) is 24.9. The second-order valence-electron chi connectivity index (χ2n) is 11.1. The van der Waals surface area contributed by atoms with Gasteiger partial charge in [0.25, 0.3) is 0 Å². The minimum Gasteiger partial charge on any atom is -0.391 e. The van der Waals surface area contributed by atoms with Crippen LogP contribution in [0.2, 0.25) is 0 Å². The lowest BCUT2D eigenvalue weighted by Crippen LogP contribution is -2.46. The van der Waals surface area contributed by atoms with Gasteiger partial charge in [0, 0.05) is 6.42 Å².